The summed E-state index contributed by atoms with van der Waals surface area (Å²) in [5.74, 6) is 0.713. The number of benzene rings is 2. The van der Waals surface area contributed by atoms with Crippen LogP contribution in [0.2, 0.25) is 0 Å². The number of alkyl halides is 3. The van der Waals surface area contributed by atoms with Gasteiger partial charge in [0.05, 0.1) is 17.9 Å². The van der Waals surface area contributed by atoms with Gasteiger partial charge in [-0.3, -0.25) is 0 Å². The van der Waals surface area contributed by atoms with E-state index in [1.165, 1.54) is 18.2 Å². The molecule has 24 heavy (non-hydrogen) atoms. The van der Waals surface area contributed by atoms with Crippen molar-refractivity contribution in [3.8, 4) is 5.75 Å². The van der Waals surface area contributed by atoms with Crippen molar-refractivity contribution >= 4 is 11.7 Å². The van der Waals surface area contributed by atoms with Crippen LogP contribution >= 0.6 is 0 Å². The number of hydrogen-bond acceptors (Lipinski definition) is 2. The second-order valence-corrected chi connectivity index (χ2v) is 4.93. The van der Waals surface area contributed by atoms with E-state index in [-0.39, 0.29) is 12.2 Å². The Bertz CT molecular complexity index is 685. The van der Waals surface area contributed by atoms with Crippen molar-refractivity contribution in [1.29, 1.82) is 0 Å². The van der Waals surface area contributed by atoms with Gasteiger partial charge in [0.1, 0.15) is 5.75 Å². The summed E-state index contributed by atoms with van der Waals surface area (Å²) in [6, 6.07) is 11.2. The van der Waals surface area contributed by atoms with Gasteiger partial charge in [-0.2, -0.15) is 13.2 Å². The van der Waals surface area contributed by atoms with Crippen molar-refractivity contribution in [2.45, 2.75) is 19.6 Å². The lowest BCUT2D eigenvalue weighted by molar-refractivity contribution is -0.136. The number of carbonyl (C=O) groups excluding carboxylic acids is 1. The summed E-state index contributed by atoms with van der Waals surface area (Å²) in [7, 11) is 0. The van der Waals surface area contributed by atoms with Gasteiger partial charge in [0.25, 0.3) is 0 Å². The molecule has 2 aromatic carbocycles. The van der Waals surface area contributed by atoms with E-state index in [9.17, 15) is 18.0 Å². The molecule has 2 amide bonds. The smallest absolute Gasteiger partial charge is 0.418 e. The minimum Gasteiger partial charge on any atom is -0.494 e. The first-order valence-corrected chi connectivity index (χ1v) is 7.33. The molecule has 0 aliphatic heterocycles. The molecule has 0 aliphatic carbocycles. The molecule has 0 radical (unpaired) electrons. The van der Waals surface area contributed by atoms with Crippen LogP contribution in [-0.4, -0.2) is 12.6 Å². The molecule has 0 bridgehead atoms. The van der Waals surface area contributed by atoms with Crippen LogP contribution in [-0.2, 0) is 12.7 Å². The first kappa shape index (κ1) is 17.7. The molecule has 0 fully saturated rings. The van der Waals surface area contributed by atoms with Crippen molar-refractivity contribution in [1.82, 2.24) is 5.32 Å². The second kappa shape index (κ2) is 7.72. The summed E-state index contributed by atoms with van der Waals surface area (Å²) >= 11 is 0. The maximum atomic E-state index is 12.9. The van der Waals surface area contributed by atoms with E-state index in [2.05, 4.69) is 10.6 Å². The van der Waals surface area contributed by atoms with E-state index < -0.39 is 17.8 Å². The fourth-order valence-corrected chi connectivity index (χ4v) is 2.06. The predicted molar refractivity (Wildman–Crippen MR) is 84.9 cm³/mol. The molecule has 0 unspecified atom stereocenters. The number of hydrogen-bond donors (Lipinski definition) is 2. The number of nitrogens with one attached hydrogen (secondary N) is 2. The fourth-order valence-electron chi connectivity index (χ4n) is 2.06. The Kier molecular flexibility index (Phi) is 5.68. The lowest BCUT2D eigenvalue weighted by atomic mass is 10.1. The number of ether oxygens (including phenoxy) is 1. The Morgan fingerprint density at radius 1 is 1.08 bits per heavy atom. The van der Waals surface area contributed by atoms with Gasteiger partial charge in [-0.05, 0) is 36.8 Å². The highest BCUT2D eigenvalue weighted by Gasteiger charge is 2.33. The van der Waals surface area contributed by atoms with Gasteiger partial charge >= 0.3 is 12.2 Å². The van der Waals surface area contributed by atoms with Gasteiger partial charge in [0.15, 0.2) is 0 Å². The molecule has 0 spiro atoms. The van der Waals surface area contributed by atoms with Crippen molar-refractivity contribution in [3.63, 3.8) is 0 Å². The summed E-state index contributed by atoms with van der Waals surface area (Å²) in [4.78, 5) is 11.8. The number of para-hydroxylation sites is 1. The van der Waals surface area contributed by atoms with E-state index in [0.29, 0.717) is 12.4 Å². The quantitative estimate of drug-likeness (QED) is 0.847. The minimum absolute atomic E-state index is 0.187. The third-order valence-electron chi connectivity index (χ3n) is 3.17. The van der Waals surface area contributed by atoms with Crippen molar-refractivity contribution in [3.05, 3.63) is 59.7 Å². The fraction of sp³-hybridized carbons (Fsp3) is 0.235. The van der Waals surface area contributed by atoms with Crippen LogP contribution in [0.4, 0.5) is 23.7 Å². The van der Waals surface area contributed by atoms with Gasteiger partial charge in [0, 0.05) is 6.54 Å². The number of halogens is 3. The summed E-state index contributed by atoms with van der Waals surface area (Å²) in [5.41, 5.74) is -0.367. The van der Waals surface area contributed by atoms with Crippen molar-refractivity contribution < 1.29 is 22.7 Å². The molecule has 7 heteroatoms. The Morgan fingerprint density at radius 2 is 1.75 bits per heavy atom. The van der Waals surface area contributed by atoms with Crippen LogP contribution in [0, 0.1) is 0 Å². The molecule has 0 aromatic heterocycles. The minimum atomic E-state index is -4.53. The zero-order valence-corrected chi connectivity index (χ0v) is 13.0. The average Bonchev–Trinajstić information content (AvgIpc) is 2.54. The van der Waals surface area contributed by atoms with E-state index in [1.54, 1.807) is 24.3 Å². The average molecular weight is 338 g/mol. The normalized spacial score (nSPS) is 11.0. The zero-order valence-electron chi connectivity index (χ0n) is 13.0. The number of amides is 2. The number of anilines is 1. The molecule has 2 aromatic rings. The first-order chi connectivity index (χ1) is 11.4. The van der Waals surface area contributed by atoms with Gasteiger partial charge < -0.3 is 15.4 Å². The second-order valence-electron chi connectivity index (χ2n) is 4.93. The van der Waals surface area contributed by atoms with Crippen molar-refractivity contribution in [2.75, 3.05) is 11.9 Å². The van der Waals surface area contributed by atoms with Crippen LogP contribution in [0.3, 0.4) is 0 Å². The summed E-state index contributed by atoms with van der Waals surface area (Å²) < 4.78 is 43.9. The van der Waals surface area contributed by atoms with E-state index >= 15 is 0 Å². The molecule has 0 saturated carbocycles. The number of carbonyl (C=O) groups is 1. The lowest BCUT2D eigenvalue weighted by Gasteiger charge is -2.14. The van der Waals surface area contributed by atoms with Crippen LogP contribution < -0.4 is 15.4 Å². The molecule has 128 valence electrons. The Morgan fingerprint density at radius 3 is 2.38 bits per heavy atom. The Labute approximate surface area is 137 Å². The molecular weight excluding hydrogens is 321 g/mol. The number of urea groups is 1. The molecular formula is C17H17F3N2O2. The predicted octanol–water partition coefficient (Wildman–Crippen LogP) is 4.43. The molecule has 0 saturated heterocycles. The van der Waals surface area contributed by atoms with Crippen LogP contribution in [0.25, 0.3) is 0 Å². The third-order valence-corrected chi connectivity index (χ3v) is 3.17. The molecule has 0 heterocycles. The molecule has 0 aliphatic rings. The third kappa shape index (κ3) is 4.91. The van der Waals surface area contributed by atoms with E-state index in [4.69, 9.17) is 4.74 Å². The highest BCUT2D eigenvalue weighted by Crippen LogP contribution is 2.34. The first-order valence-electron chi connectivity index (χ1n) is 7.33. The summed E-state index contributed by atoms with van der Waals surface area (Å²) in [6.45, 7) is 2.61. The maximum Gasteiger partial charge on any atom is 0.418 e. The lowest BCUT2D eigenvalue weighted by Crippen LogP contribution is -2.29. The number of rotatable bonds is 5. The summed E-state index contributed by atoms with van der Waals surface area (Å²) in [6.07, 6.45) is -4.53. The highest BCUT2D eigenvalue weighted by molar-refractivity contribution is 5.90. The highest BCUT2D eigenvalue weighted by atomic mass is 19.4. The standard InChI is InChI=1S/C17H17F3N2O2/c1-2-24-13-9-7-12(8-10-13)11-21-16(23)22-15-6-4-3-5-14(15)17(18,19)20/h3-10H,2,11H2,1H3,(H2,21,22,23). The van der Waals surface area contributed by atoms with E-state index in [0.717, 1.165) is 11.6 Å². The van der Waals surface area contributed by atoms with Gasteiger partial charge in [-0.15, -0.1) is 0 Å². The molecule has 2 N–H and O–H groups in total. The van der Waals surface area contributed by atoms with Gasteiger partial charge in [0.2, 0.25) is 0 Å². The SMILES string of the molecule is CCOc1ccc(CNC(=O)Nc2ccccc2C(F)(F)F)cc1. The largest absolute Gasteiger partial charge is 0.494 e. The Hall–Kier alpha value is -2.70. The van der Waals surface area contributed by atoms with Crippen LogP contribution in [0.15, 0.2) is 48.5 Å². The summed E-state index contributed by atoms with van der Waals surface area (Å²) in [5, 5.41) is 4.74. The van der Waals surface area contributed by atoms with Crippen LogP contribution in [0.1, 0.15) is 18.1 Å². The molecule has 0 atom stereocenters. The topological polar surface area (TPSA) is 50.4 Å². The van der Waals surface area contributed by atoms with E-state index in [1.807, 2.05) is 6.92 Å². The maximum absolute atomic E-state index is 12.9. The van der Waals surface area contributed by atoms with Gasteiger partial charge in [-0.25, -0.2) is 4.79 Å². The van der Waals surface area contributed by atoms with Gasteiger partial charge in [-0.1, -0.05) is 24.3 Å². The molecule has 2 rings (SSSR count). The zero-order chi connectivity index (χ0) is 17.6. The van der Waals surface area contributed by atoms with Crippen LogP contribution in [0.5, 0.6) is 5.75 Å². The monoisotopic (exact) mass is 338 g/mol. The molecule has 4 nitrogen and oxygen atoms in total. The Balaban J connectivity index is 1.94. The van der Waals surface area contributed by atoms with Crippen molar-refractivity contribution in [2.24, 2.45) is 0 Å².